The van der Waals surface area contributed by atoms with E-state index in [0.717, 1.165) is 83.5 Å². The van der Waals surface area contributed by atoms with Crippen LogP contribution in [0.1, 0.15) is 194 Å². The molecule has 0 rings (SSSR count). The summed E-state index contributed by atoms with van der Waals surface area (Å²) in [6, 6.07) is 0. The molecule has 0 aromatic rings. The van der Waals surface area contributed by atoms with Crippen LogP contribution in [0.25, 0.3) is 0 Å². The van der Waals surface area contributed by atoms with Gasteiger partial charge in [0.1, 0.15) is 13.2 Å². The van der Waals surface area contributed by atoms with Crippen molar-refractivity contribution in [3.63, 3.8) is 0 Å². The number of carbonyl (C=O) groups is 3. The molecule has 0 saturated heterocycles. The molecule has 0 saturated carbocycles. The predicted molar refractivity (Wildman–Crippen MR) is 256 cm³/mol. The van der Waals surface area contributed by atoms with Gasteiger partial charge in [0.2, 0.25) is 0 Å². The lowest BCUT2D eigenvalue weighted by atomic mass is 10.0. The summed E-state index contributed by atoms with van der Waals surface area (Å²) < 4.78 is 16.7. The Morgan fingerprint density at radius 1 is 0.350 bits per heavy atom. The van der Waals surface area contributed by atoms with Crippen molar-refractivity contribution >= 4 is 17.9 Å². The van der Waals surface area contributed by atoms with Crippen molar-refractivity contribution in [2.24, 2.45) is 0 Å². The standard InChI is InChI=1S/C54H86O6/c1-4-7-10-13-16-19-22-25-27-30-32-35-38-41-44-47-53(56)59-50-51(49-58-52(55)46-43-40-37-34-31-28-24-21-18-15-12-9-6-3)60-54(57)48-45-42-39-36-33-29-26-23-20-17-14-11-8-5-2/h7,9-10,12-13,15-16,18-19,21-22,24-25,27-28,30-32,51H,4-6,8,11,14,17,20,23,26,29,33-50H2,1-3H3/b10-7-,12-9-,16-13-,18-15-,22-19-,24-21-,27-25-,31-28-,32-30-. The Hall–Kier alpha value is -3.93. The first-order chi connectivity index (χ1) is 29.5. The molecule has 0 aromatic carbocycles. The van der Waals surface area contributed by atoms with E-state index in [2.05, 4.69) is 45.1 Å². The lowest BCUT2D eigenvalue weighted by Gasteiger charge is -2.18. The van der Waals surface area contributed by atoms with E-state index in [1.54, 1.807) is 0 Å². The van der Waals surface area contributed by atoms with E-state index >= 15 is 0 Å². The van der Waals surface area contributed by atoms with Crippen LogP contribution in [0, 0.1) is 0 Å². The smallest absolute Gasteiger partial charge is 0.306 e. The fourth-order valence-electron chi connectivity index (χ4n) is 6.18. The van der Waals surface area contributed by atoms with Gasteiger partial charge in [-0.1, -0.05) is 226 Å². The summed E-state index contributed by atoms with van der Waals surface area (Å²) in [6.45, 7) is 6.26. The molecule has 1 unspecified atom stereocenters. The molecule has 0 bridgehead atoms. The Morgan fingerprint density at radius 3 is 1.02 bits per heavy atom. The molecular formula is C54H86O6. The number of rotatable bonds is 41. The first-order valence-electron chi connectivity index (χ1n) is 24.0. The van der Waals surface area contributed by atoms with Gasteiger partial charge >= 0.3 is 17.9 Å². The van der Waals surface area contributed by atoms with Crippen molar-refractivity contribution in [3.05, 3.63) is 109 Å². The molecule has 60 heavy (non-hydrogen) atoms. The van der Waals surface area contributed by atoms with E-state index in [-0.39, 0.29) is 31.1 Å². The molecule has 0 aliphatic rings. The van der Waals surface area contributed by atoms with Crippen LogP contribution in [-0.2, 0) is 28.6 Å². The maximum absolute atomic E-state index is 12.8. The highest BCUT2D eigenvalue weighted by atomic mass is 16.6. The normalized spacial score (nSPS) is 13.1. The Labute approximate surface area is 368 Å². The highest BCUT2D eigenvalue weighted by molar-refractivity contribution is 5.71. The fourth-order valence-corrected chi connectivity index (χ4v) is 6.18. The minimum absolute atomic E-state index is 0.113. The van der Waals surface area contributed by atoms with Crippen molar-refractivity contribution in [3.8, 4) is 0 Å². The summed E-state index contributed by atoms with van der Waals surface area (Å²) in [5, 5.41) is 0. The quantitative estimate of drug-likeness (QED) is 0.0264. The molecule has 0 amide bonds. The van der Waals surface area contributed by atoms with E-state index in [1.165, 1.54) is 70.6 Å². The highest BCUT2D eigenvalue weighted by Gasteiger charge is 2.19. The second-order valence-electron chi connectivity index (χ2n) is 15.5. The average molecular weight is 831 g/mol. The molecular weight excluding hydrogens is 745 g/mol. The van der Waals surface area contributed by atoms with Crippen molar-refractivity contribution in [2.45, 2.75) is 200 Å². The Balaban J connectivity index is 4.54. The summed E-state index contributed by atoms with van der Waals surface area (Å²) >= 11 is 0. The predicted octanol–water partition coefficient (Wildman–Crippen LogP) is 15.6. The SMILES string of the molecule is CC\C=C/C=C\C=C/C=C\C=C/CCCCCC(=O)OCC(COC(=O)CCCCC\C=C/C=C\C=C/C=C\CC)OC(=O)CCCCCCCCCCCCCCCC. The van der Waals surface area contributed by atoms with Crippen molar-refractivity contribution in [1.82, 2.24) is 0 Å². The maximum Gasteiger partial charge on any atom is 0.306 e. The van der Waals surface area contributed by atoms with Crippen LogP contribution >= 0.6 is 0 Å². The van der Waals surface area contributed by atoms with Gasteiger partial charge in [-0.2, -0.15) is 0 Å². The summed E-state index contributed by atoms with van der Waals surface area (Å²) in [6.07, 6.45) is 63.5. The van der Waals surface area contributed by atoms with Gasteiger partial charge in [0.05, 0.1) is 0 Å². The van der Waals surface area contributed by atoms with Crippen LogP contribution in [0.15, 0.2) is 109 Å². The molecule has 0 heterocycles. The number of carbonyl (C=O) groups excluding carboxylic acids is 3. The first kappa shape index (κ1) is 56.1. The molecule has 338 valence electrons. The van der Waals surface area contributed by atoms with E-state index in [4.69, 9.17) is 14.2 Å². The van der Waals surface area contributed by atoms with Crippen LogP contribution in [0.5, 0.6) is 0 Å². The van der Waals surface area contributed by atoms with E-state index < -0.39 is 6.10 Å². The van der Waals surface area contributed by atoms with E-state index in [1.807, 2.05) is 85.1 Å². The number of allylic oxidation sites excluding steroid dienone is 18. The van der Waals surface area contributed by atoms with Gasteiger partial charge in [0.15, 0.2) is 6.10 Å². The minimum atomic E-state index is -0.810. The number of esters is 3. The summed E-state index contributed by atoms with van der Waals surface area (Å²) in [5.74, 6) is -0.997. The zero-order valence-corrected chi connectivity index (χ0v) is 38.4. The van der Waals surface area contributed by atoms with Crippen LogP contribution in [0.3, 0.4) is 0 Å². The first-order valence-corrected chi connectivity index (χ1v) is 24.0. The lowest BCUT2D eigenvalue weighted by Crippen LogP contribution is -2.30. The Morgan fingerprint density at radius 2 is 0.650 bits per heavy atom. The molecule has 0 aliphatic heterocycles. The molecule has 0 radical (unpaired) electrons. The molecule has 0 fully saturated rings. The lowest BCUT2D eigenvalue weighted by molar-refractivity contribution is -0.167. The molecule has 0 N–H and O–H groups in total. The largest absolute Gasteiger partial charge is 0.462 e. The zero-order chi connectivity index (χ0) is 43.7. The van der Waals surface area contributed by atoms with Gasteiger partial charge in [-0.05, 0) is 57.8 Å². The second-order valence-corrected chi connectivity index (χ2v) is 15.5. The van der Waals surface area contributed by atoms with Gasteiger partial charge in [0.25, 0.3) is 0 Å². The van der Waals surface area contributed by atoms with E-state index in [9.17, 15) is 14.4 Å². The van der Waals surface area contributed by atoms with Gasteiger partial charge < -0.3 is 14.2 Å². The summed E-state index contributed by atoms with van der Waals surface area (Å²) in [7, 11) is 0. The van der Waals surface area contributed by atoms with Gasteiger partial charge in [-0.25, -0.2) is 0 Å². The van der Waals surface area contributed by atoms with Crippen molar-refractivity contribution < 1.29 is 28.6 Å². The van der Waals surface area contributed by atoms with Gasteiger partial charge in [-0.3, -0.25) is 14.4 Å². The third-order valence-electron chi connectivity index (χ3n) is 9.75. The molecule has 0 aliphatic carbocycles. The fraction of sp³-hybridized carbons (Fsp3) is 0.611. The van der Waals surface area contributed by atoms with Crippen molar-refractivity contribution in [1.29, 1.82) is 0 Å². The number of hydrogen-bond acceptors (Lipinski definition) is 6. The molecule has 1 atom stereocenters. The monoisotopic (exact) mass is 831 g/mol. The third kappa shape index (κ3) is 45.2. The Bertz CT molecular complexity index is 1280. The Kier molecular flexibility index (Phi) is 44.6. The van der Waals surface area contributed by atoms with E-state index in [0.29, 0.717) is 19.3 Å². The van der Waals surface area contributed by atoms with Crippen molar-refractivity contribution in [2.75, 3.05) is 13.2 Å². The van der Waals surface area contributed by atoms with Crippen LogP contribution < -0.4 is 0 Å². The maximum atomic E-state index is 12.8. The number of unbranched alkanes of at least 4 members (excludes halogenated alkanes) is 19. The summed E-state index contributed by atoms with van der Waals surface area (Å²) in [4.78, 5) is 37.9. The third-order valence-corrected chi connectivity index (χ3v) is 9.75. The zero-order valence-electron chi connectivity index (χ0n) is 38.4. The molecule has 0 spiro atoms. The highest BCUT2D eigenvalue weighted by Crippen LogP contribution is 2.14. The minimum Gasteiger partial charge on any atom is -0.462 e. The van der Waals surface area contributed by atoms with Crippen LogP contribution in [-0.4, -0.2) is 37.2 Å². The van der Waals surface area contributed by atoms with Gasteiger partial charge in [-0.15, -0.1) is 0 Å². The van der Waals surface area contributed by atoms with Crippen LogP contribution in [0.2, 0.25) is 0 Å². The van der Waals surface area contributed by atoms with Crippen LogP contribution in [0.4, 0.5) is 0 Å². The topological polar surface area (TPSA) is 78.9 Å². The number of hydrogen-bond donors (Lipinski definition) is 0. The summed E-state index contributed by atoms with van der Waals surface area (Å²) in [5.41, 5.74) is 0. The number of ether oxygens (including phenoxy) is 3. The molecule has 6 heteroatoms. The molecule has 6 nitrogen and oxygen atoms in total. The average Bonchev–Trinajstić information content (AvgIpc) is 3.24. The molecule has 0 aromatic heterocycles. The van der Waals surface area contributed by atoms with Gasteiger partial charge in [0, 0.05) is 19.3 Å². The second kappa shape index (κ2) is 47.7.